The zero-order chi connectivity index (χ0) is 24.8. The molecule has 0 aliphatic heterocycles. The Morgan fingerprint density at radius 3 is 2.34 bits per heavy atom. The first-order valence-corrected chi connectivity index (χ1v) is 11.9. The molecule has 182 valence electrons. The van der Waals surface area contributed by atoms with Gasteiger partial charge in [0, 0.05) is 30.0 Å². The van der Waals surface area contributed by atoms with E-state index in [0.717, 1.165) is 32.0 Å². The third kappa shape index (κ3) is 5.84. The summed E-state index contributed by atoms with van der Waals surface area (Å²) >= 11 is 1.22. The molecule has 10 heteroatoms. The fourth-order valence-electron chi connectivity index (χ4n) is 4.17. The molecule has 3 N–H and O–H groups in total. The highest BCUT2D eigenvalue weighted by molar-refractivity contribution is 7.15. The Labute approximate surface area is 206 Å². The van der Waals surface area contributed by atoms with Gasteiger partial charge in [-0.05, 0) is 28.7 Å². The highest BCUT2D eigenvalue weighted by Crippen LogP contribution is 2.44. The van der Waals surface area contributed by atoms with Crippen molar-refractivity contribution >= 4 is 34.4 Å². The number of carbonyl (C=O) groups is 3. The lowest BCUT2D eigenvalue weighted by molar-refractivity contribution is -0.144. The maximum absolute atomic E-state index is 12.4. The Morgan fingerprint density at radius 2 is 1.71 bits per heavy atom. The zero-order valence-corrected chi connectivity index (χ0v) is 19.7. The number of fused-ring (bicyclic) bond motifs is 3. The van der Waals surface area contributed by atoms with Crippen molar-refractivity contribution in [1.82, 2.24) is 9.88 Å². The van der Waals surface area contributed by atoms with E-state index in [0.29, 0.717) is 11.6 Å². The van der Waals surface area contributed by atoms with Crippen molar-refractivity contribution in [2.75, 3.05) is 31.6 Å². The summed E-state index contributed by atoms with van der Waals surface area (Å²) in [5.41, 5.74) is 4.55. The van der Waals surface area contributed by atoms with E-state index in [4.69, 9.17) is 14.9 Å². The molecular formula is C25H25N3O6S. The maximum Gasteiger partial charge on any atom is 0.413 e. The smallest absolute Gasteiger partial charge is 0.413 e. The van der Waals surface area contributed by atoms with Crippen molar-refractivity contribution in [2.45, 2.75) is 18.8 Å². The van der Waals surface area contributed by atoms with E-state index in [1.807, 2.05) is 36.4 Å². The Morgan fingerprint density at radius 1 is 1.06 bits per heavy atom. The monoisotopic (exact) mass is 495 g/mol. The molecular weight excluding hydrogens is 470 g/mol. The summed E-state index contributed by atoms with van der Waals surface area (Å²) < 4.78 is 5.52. The molecule has 0 spiro atoms. The number of carbonyl (C=O) groups excluding carboxylic acids is 2. The number of carboxylic acids is 1. The number of carboxylic acid groups (broad SMARTS) is 1. The standard InChI is InChI=1S/C25H25N3O6S/c29-12-11-28(14-23(31)32)22(30)10-9-16-13-26-24(35-16)27-25(33)34-15-21-19-7-3-1-5-17(19)18-6-2-4-8-20(18)21/h1-8,13,21,29H,9-12,14-15H2,(H,31,32)(H,26,27,33). The summed E-state index contributed by atoms with van der Waals surface area (Å²) in [5, 5.41) is 20.9. The molecule has 0 fully saturated rings. The summed E-state index contributed by atoms with van der Waals surface area (Å²) in [7, 11) is 0. The summed E-state index contributed by atoms with van der Waals surface area (Å²) in [5.74, 6) is -1.56. The third-order valence-corrected chi connectivity index (χ3v) is 6.71. The molecule has 0 saturated heterocycles. The first kappa shape index (κ1) is 24.4. The normalized spacial score (nSPS) is 12.0. The number of amides is 2. The van der Waals surface area contributed by atoms with E-state index in [-0.39, 0.29) is 38.0 Å². The van der Waals surface area contributed by atoms with E-state index >= 15 is 0 Å². The average Bonchev–Trinajstić information content (AvgIpc) is 3.42. The van der Waals surface area contributed by atoms with Gasteiger partial charge < -0.3 is 19.8 Å². The van der Waals surface area contributed by atoms with Gasteiger partial charge in [0.25, 0.3) is 0 Å². The van der Waals surface area contributed by atoms with Crippen LogP contribution in [-0.2, 0) is 20.7 Å². The number of aliphatic hydroxyl groups excluding tert-OH is 1. The lowest BCUT2D eigenvalue weighted by Crippen LogP contribution is -2.37. The number of aryl methyl sites for hydroxylation is 1. The topological polar surface area (TPSA) is 129 Å². The summed E-state index contributed by atoms with van der Waals surface area (Å²) in [4.78, 5) is 41.6. The molecule has 2 amide bonds. The molecule has 1 aromatic heterocycles. The molecule has 1 aliphatic rings. The second kappa shape index (κ2) is 11.1. The molecule has 0 atom stereocenters. The van der Waals surface area contributed by atoms with Gasteiger partial charge in [0.05, 0.1) is 6.61 Å². The van der Waals surface area contributed by atoms with Gasteiger partial charge in [-0.1, -0.05) is 48.5 Å². The van der Waals surface area contributed by atoms with Crippen LogP contribution in [0, 0.1) is 0 Å². The van der Waals surface area contributed by atoms with Crippen LogP contribution in [0.4, 0.5) is 9.93 Å². The number of aliphatic hydroxyl groups is 1. The first-order valence-electron chi connectivity index (χ1n) is 11.1. The van der Waals surface area contributed by atoms with Crippen LogP contribution in [0.25, 0.3) is 11.1 Å². The van der Waals surface area contributed by atoms with Crippen molar-refractivity contribution in [2.24, 2.45) is 0 Å². The number of aromatic nitrogens is 1. The SMILES string of the molecule is O=C(O)CN(CCO)C(=O)CCc1cnc(NC(=O)OCC2c3ccccc3-c3ccccc32)s1. The second-order valence-electron chi connectivity index (χ2n) is 8.01. The fraction of sp³-hybridized carbons (Fsp3) is 0.280. The van der Waals surface area contributed by atoms with Gasteiger partial charge in [-0.25, -0.2) is 9.78 Å². The molecule has 4 rings (SSSR count). The van der Waals surface area contributed by atoms with Crippen LogP contribution in [0.3, 0.4) is 0 Å². The van der Waals surface area contributed by atoms with E-state index < -0.39 is 18.6 Å². The summed E-state index contributed by atoms with van der Waals surface area (Å²) in [6, 6.07) is 16.2. The average molecular weight is 496 g/mol. The fourth-order valence-corrected chi connectivity index (χ4v) is 4.96. The maximum atomic E-state index is 12.4. The number of nitrogens with zero attached hydrogens (tertiary/aromatic N) is 2. The van der Waals surface area contributed by atoms with Gasteiger partial charge >= 0.3 is 12.1 Å². The summed E-state index contributed by atoms with van der Waals surface area (Å²) in [6.07, 6.45) is 1.36. The van der Waals surface area contributed by atoms with Crippen LogP contribution in [0.5, 0.6) is 0 Å². The molecule has 1 heterocycles. The largest absolute Gasteiger partial charge is 0.480 e. The summed E-state index contributed by atoms with van der Waals surface area (Å²) in [6.45, 7) is -0.621. The van der Waals surface area contributed by atoms with Crippen molar-refractivity contribution < 1.29 is 29.3 Å². The van der Waals surface area contributed by atoms with Crippen molar-refractivity contribution in [3.8, 4) is 11.1 Å². The van der Waals surface area contributed by atoms with Crippen molar-refractivity contribution in [1.29, 1.82) is 0 Å². The molecule has 0 radical (unpaired) electrons. The van der Waals surface area contributed by atoms with Gasteiger partial charge in [-0.15, -0.1) is 11.3 Å². The zero-order valence-electron chi connectivity index (χ0n) is 18.8. The van der Waals surface area contributed by atoms with Crippen LogP contribution < -0.4 is 5.32 Å². The van der Waals surface area contributed by atoms with Gasteiger partial charge in [0.2, 0.25) is 5.91 Å². The number of hydrogen-bond donors (Lipinski definition) is 3. The minimum Gasteiger partial charge on any atom is -0.480 e. The number of nitrogens with one attached hydrogen (secondary N) is 1. The van der Waals surface area contributed by atoms with Gasteiger partial charge in [0.1, 0.15) is 13.2 Å². The number of rotatable bonds is 10. The second-order valence-corrected chi connectivity index (χ2v) is 9.13. The Hall–Kier alpha value is -3.76. The van der Waals surface area contributed by atoms with Crippen LogP contribution >= 0.6 is 11.3 Å². The van der Waals surface area contributed by atoms with E-state index in [2.05, 4.69) is 22.4 Å². The molecule has 1 aliphatic carbocycles. The van der Waals surface area contributed by atoms with Crippen LogP contribution in [-0.4, -0.2) is 64.4 Å². The number of benzene rings is 2. The Bertz CT molecular complexity index is 1180. The number of thiazole rings is 1. The molecule has 0 unspecified atom stereocenters. The molecule has 2 aromatic carbocycles. The number of aliphatic carboxylic acids is 1. The van der Waals surface area contributed by atoms with Crippen molar-refractivity contribution in [3.63, 3.8) is 0 Å². The van der Waals surface area contributed by atoms with E-state index in [1.165, 1.54) is 11.3 Å². The van der Waals surface area contributed by atoms with E-state index in [9.17, 15) is 14.4 Å². The lowest BCUT2D eigenvalue weighted by Gasteiger charge is -2.19. The Balaban J connectivity index is 1.30. The molecule has 35 heavy (non-hydrogen) atoms. The molecule has 3 aromatic rings. The van der Waals surface area contributed by atoms with Gasteiger partial charge in [-0.2, -0.15) is 0 Å². The highest BCUT2D eigenvalue weighted by atomic mass is 32.1. The highest BCUT2D eigenvalue weighted by Gasteiger charge is 2.29. The Kier molecular flexibility index (Phi) is 7.74. The van der Waals surface area contributed by atoms with Crippen LogP contribution in [0.15, 0.2) is 54.7 Å². The molecule has 0 bridgehead atoms. The van der Waals surface area contributed by atoms with Crippen LogP contribution in [0.2, 0.25) is 0 Å². The van der Waals surface area contributed by atoms with Crippen LogP contribution in [0.1, 0.15) is 28.3 Å². The predicted octanol–water partition coefficient (Wildman–Crippen LogP) is 3.34. The number of anilines is 1. The third-order valence-electron chi connectivity index (χ3n) is 5.74. The van der Waals surface area contributed by atoms with Crippen molar-refractivity contribution in [3.05, 3.63) is 70.7 Å². The minimum absolute atomic E-state index is 0.0393. The minimum atomic E-state index is -1.14. The number of ether oxygens (including phenoxy) is 1. The molecule has 0 saturated carbocycles. The molecule has 9 nitrogen and oxygen atoms in total. The quantitative estimate of drug-likeness (QED) is 0.393. The van der Waals surface area contributed by atoms with Gasteiger partial charge in [-0.3, -0.25) is 14.9 Å². The van der Waals surface area contributed by atoms with E-state index in [1.54, 1.807) is 6.20 Å². The lowest BCUT2D eigenvalue weighted by atomic mass is 9.98. The number of hydrogen-bond acceptors (Lipinski definition) is 7. The van der Waals surface area contributed by atoms with Gasteiger partial charge in [0.15, 0.2) is 5.13 Å². The predicted molar refractivity (Wildman–Crippen MR) is 130 cm³/mol. The first-order chi connectivity index (χ1) is 17.0.